The minimum atomic E-state index is -0.00972. The number of thioether (sulfide) groups is 1. The second-order valence-electron chi connectivity index (χ2n) is 5.51. The van der Waals surface area contributed by atoms with E-state index in [0.717, 1.165) is 16.6 Å². The molecule has 0 aliphatic carbocycles. The van der Waals surface area contributed by atoms with E-state index >= 15 is 0 Å². The van der Waals surface area contributed by atoms with Gasteiger partial charge < -0.3 is 9.47 Å². The summed E-state index contributed by atoms with van der Waals surface area (Å²) in [6.07, 6.45) is 3.73. The van der Waals surface area contributed by atoms with E-state index in [-0.39, 0.29) is 5.91 Å². The topological polar surface area (TPSA) is 38.1 Å². The number of aromatic nitrogens is 2. The summed E-state index contributed by atoms with van der Waals surface area (Å²) in [6.45, 7) is 0. The monoisotopic (exact) mass is 337 g/mol. The van der Waals surface area contributed by atoms with E-state index in [0.29, 0.717) is 5.56 Å². The lowest BCUT2D eigenvalue weighted by Crippen LogP contribution is -2.26. The maximum Gasteiger partial charge on any atom is 0.258 e. The summed E-state index contributed by atoms with van der Waals surface area (Å²) in [4.78, 5) is 18.5. The van der Waals surface area contributed by atoms with Crippen molar-refractivity contribution < 1.29 is 4.79 Å². The molecule has 1 heterocycles. The van der Waals surface area contributed by atoms with Crippen molar-refractivity contribution in [3.8, 4) is 0 Å². The van der Waals surface area contributed by atoms with Gasteiger partial charge in [-0.1, -0.05) is 42.1 Å². The summed E-state index contributed by atoms with van der Waals surface area (Å²) in [5, 5.41) is 0.985. The van der Waals surface area contributed by atoms with Crippen LogP contribution >= 0.6 is 11.8 Å². The van der Waals surface area contributed by atoms with Gasteiger partial charge in [-0.3, -0.25) is 4.79 Å². The predicted molar refractivity (Wildman–Crippen MR) is 98.4 cm³/mol. The number of rotatable bonds is 5. The quantitative estimate of drug-likeness (QED) is 0.661. The van der Waals surface area contributed by atoms with Gasteiger partial charge in [-0.2, -0.15) is 0 Å². The van der Waals surface area contributed by atoms with Crippen LogP contribution < -0.4 is 4.90 Å². The van der Waals surface area contributed by atoms with Gasteiger partial charge in [-0.05, 0) is 29.8 Å². The van der Waals surface area contributed by atoms with Crippen LogP contribution in [0.15, 0.2) is 72.1 Å². The maximum atomic E-state index is 12.6. The zero-order valence-electron chi connectivity index (χ0n) is 13.7. The Morgan fingerprint density at radius 1 is 1.12 bits per heavy atom. The molecule has 3 aromatic rings. The van der Waals surface area contributed by atoms with Gasteiger partial charge in [0.1, 0.15) is 0 Å². The number of imidazole rings is 1. The lowest BCUT2D eigenvalue weighted by atomic mass is 10.1. The summed E-state index contributed by atoms with van der Waals surface area (Å²) in [5.41, 5.74) is 2.74. The Morgan fingerprint density at radius 3 is 2.46 bits per heavy atom. The van der Waals surface area contributed by atoms with Crippen molar-refractivity contribution in [1.82, 2.24) is 9.55 Å². The van der Waals surface area contributed by atoms with Crippen LogP contribution in [-0.4, -0.2) is 22.5 Å². The number of carbonyl (C=O) groups is 1. The fourth-order valence-electron chi connectivity index (χ4n) is 2.34. The highest BCUT2D eigenvalue weighted by atomic mass is 32.2. The van der Waals surface area contributed by atoms with Crippen molar-refractivity contribution in [3.63, 3.8) is 0 Å². The highest BCUT2D eigenvalue weighted by Crippen LogP contribution is 2.21. The number of aryl methyl sites for hydroxylation is 1. The number of anilines is 1. The molecule has 0 bridgehead atoms. The molecule has 1 amide bonds. The number of carbonyl (C=O) groups excluding carboxylic acids is 1. The summed E-state index contributed by atoms with van der Waals surface area (Å²) in [6, 6.07) is 17.4. The molecule has 0 saturated carbocycles. The van der Waals surface area contributed by atoms with Crippen molar-refractivity contribution in [3.05, 3.63) is 78.1 Å². The first kappa shape index (κ1) is 16.3. The van der Waals surface area contributed by atoms with Crippen LogP contribution in [0.3, 0.4) is 0 Å². The standard InChI is InChI=1S/C19H19N3OS/c1-21-13-12-20-19(21)24-14-15-8-10-16(11-9-15)18(23)22(2)17-6-4-3-5-7-17/h3-13H,14H2,1-2H3. The summed E-state index contributed by atoms with van der Waals surface area (Å²) in [7, 11) is 3.78. The average molecular weight is 337 g/mol. The first-order valence-corrected chi connectivity index (χ1v) is 8.66. The van der Waals surface area contributed by atoms with Crippen molar-refractivity contribution in [1.29, 1.82) is 0 Å². The first-order valence-electron chi connectivity index (χ1n) is 7.67. The highest BCUT2D eigenvalue weighted by Gasteiger charge is 2.13. The third-order valence-electron chi connectivity index (χ3n) is 3.79. The van der Waals surface area contributed by atoms with Gasteiger partial charge in [0.15, 0.2) is 5.16 Å². The Labute approximate surface area is 146 Å². The molecule has 24 heavy (non-hydrogen) atoms. The van der Waals surface area contributed by atoms with E-state index in [4.69, 9.17) is 0 Å². The Morgan fingerprint density at radius 2 is 1.83 bits per heavy atom. The van der Waals surface area contributed by atoms with Gasteiger partial charge in [-0.25, -0.2) is 4.98 Å². The zero-order valence-corrected chi connectivity index (χ0v) is 14.5. The van der Waals surface area contributed by atoms with E-state index in [9.17, 15) is 4.79 Å². The number of amides is 1. The van der Waals surface area contributed by atoms with Crippen LogP contribution in [0.25, 0.3) is 0 Å². The molecule has 122 valence electrons. The minimum absolute atomic E-state index is 0.00972. The van der Waals surface area contributed by atoms with Crippen molar-refractivity contribution in [2.45, 2.75) is 10.9 Å². The van der Waals surface area contributed by atoms with E-state index < -0.39 is 0 Å². The molecular weight excluding hydrogens is 318 g/mol. The molecule has 3 rings (SSSR count). The van der Waals surface area contributed by atoms with E-state index in [2.05, 4.69) is 4.98 Å². The predicted octanol–water partition coefficient (Wildman–Crippen LogP) is 3.99. The molecule has 0 fully saturated rings. The number of hydrogen-bond donors (Lipinski definition) is 0. The Hall–Kier alpha value is -2.53. The molecule has 4 nitrogen and oxygen atoms in total. The van der Waals surface area contributed by atoms with Crippen molar-refractivity contribution in [2.24, 2.45) is 7.05 Å². The second-order valence-corrected chi connectivity index (χ2v) is 6.45. The van der Waals surface area contributed by atoms with Crippen molar-refractivity contribution in [2.75, 3.05) is 11.9 Å². The summed E-state index contributed by atoms with van der Waals surface area (Å²) < 4.78 is 2.00. The number of nitrogens with zero attached hydrogens (tertiary/aromatic N) is 3. The van der Waals surface area contributed by atoms with Crippen molar-refractivity contribution >= 4 is 23.4 Å². The van der Waals surface area contributed by atoms with Crippen LogP contribution in [0, 0.1) is 0 Å². The third-order valence-corrected chi connectivity index (χ3v) is 4.92. The lowest BCUT2D eigenvalue weighted by Gasteiger charge is -2.17. The molecule has 0 saturated heterocycles. The van der Waals surface area contributed by atoms with Gasteiger partial charge >= 0.3 is 0 Å². The van der Waals surface area contributed by atoms with Crippen LogP contribution in [-0.2, 0) is 12.8 Å². The van der Waals surface area contributed by atoms with Crippen LogP contribution in [0.1, 0.15) is 15.9 Å². The molecular formula is C19H19N3OS. The van der Waals surface area contributed by atoms with Gasteiger partial charge in [0.2, 0.25) is 0 Å². The van der Waals surface area contributed by atoms with Gasteiger partial charge in [0.05, 0.1) is 0 Å². The van der Waals surface area contributed by atoms with Gasteiger partial charge in [0, 0.05) is 43.5 Å². The molecule has 5 heteroatoms. The molecule has 0 aliphatic heterocycles. The Kier molecular flexibility index (Phi) is 5.01. The largest absolute Gasteiger partial charge is 0.329 e. The number of para-hydroxylation sites is 1. The third kappa shape index (κ3) is 3.68. The Bertz CT molecular complexity index is 812. The summed E-state index contributed by atoms with van der Waals surface area (Å²) in [5.74, 6) is 0.818. The van der Waals surface area contributed by atoms with Crippen LogP contribution in [0.4, 0.5) is 5.69 Å². The number of hydrogen-bond acceptors (Lipinski definition) is 3. The first-order chi connectivity index (χ1) is 11.6. The fourth-order valence-corrected chi connectivity index (χ4v) is 3.23. The van der Waals surface area contributed by atoms with E-state index in [1.165, 1.54) is 5.56 Å². The molecule has 0 unspecified atom stereocenters. The molecule has 2 aromatic carbocycles. The molecule has 0 spiro atoms. The average Bonchev–Trinajstić information content (AvgIpc) is 3.05. The lowest BCUT2D eigenvalue weighted by molar-refractivity contribution is 0.0993. The fraction of sp³-hybridized carbons (Fsp3) is 0.158. The van der Waals surface area contributed by atoms with E-state index in [1.807, 2.05) is 72.4 Å². The SMILES string of the molecule is CN(C(=O)c1ccc(CSc2nccn2C)cc1)c1ccccc1. The van der Waals surface area contributed by atoms with Gasteiger partial charge in [0.25, 0.3) is 5.91 Å². The highest BCUT2D eigenvalue weighted by molar-refractivity contribution is 7.98. The van der Waals surface area contributed by atoms with Crippen LogP contribution in [0.2, 0.25) is 0 Å². The number of benzene rings is 2. The zero-order chi connectivity index (χ0) is 16.9. The maximum absolute atomic E-state index is 12.6. The minimum Gasteiger partial charge on any atom is -0.329 e. The Balaban J connectivity index is 1.65. The molecule has 1 aromatic heterocycles. The summed E-state index contributed by atoms with van der Waals surface area (Å²) >= 11 is 1.68. The van der Waals surface area contributed by atoms with Crippen LogP contribution in [0.5, 0.6) is 0 Å². The van der Waals surface area contributed by atoms with E-state index in [1.54, 1.807) is 29.9 Å². The smallest absolute Gasteiger partial charge is 0.258 e. The molecule has 0 radical (unpaired) electrons. The van der Waals surface area contributed by atoms with Gasteiger partial charge in [-0.15, -0.1) is 0 Å². The molecule has 0 aliphatic rings. The second kappa shape index (κ2) is 7.36. The molecule has 0 N–H and O–H groups in total. The molecule has 0 atom stereocenters. The normalized spacial score (nSPS) is 10.6.